The number of allylic oxidation sites excluding steroid dienone is 1. The van der Waals surface area contributed by atoms with Crippen LogP contribution in [0.15, 0.2) is 11.3 Å². The predicted molar refractivity (Wildman–Crippen MR) is 89.4 cm³/mol. The third-order valence-electron chi connectivity index (χ3n) is 3.03. The van der Waals surface area contributed by atoms with Gasteiger partial charge in [-0.1, -0.05) is 0 Å². The van der Waals surface area contributed by atoms with Crippen molar-refractivity contribution in [2.24, 2.45) is 5.73 Å². The fourth-order valence-electron chi connectivity index (χ4n) is 1.67. The minimum atomic E-state index is -1.28. The van der Waals surface area contributed by atoms with Crippen molar-refractivity contribution in [2.75, 3.05) is 5.75 Å². The Bertz CT molecular complexity index is 531. The first kappa shape index (κ1) is 21.9. The molecule has 2 atom stereocenters. The van der Waals surface area contributed by atoms with Crippen LogP contribution in [0, 0.1) is 0 Å². The first-order valence-corrected chi connectivity index (χ1v) is 7.83. The van der Waals surface area contributed by atoms with Crippen LogP contribution in [0.5, 0.6) is 0 Å². The van der Waals surface area contributed by atoms with Gasteiger partial charge in [0.05, 0.1) is 0 Å². The van der Waals surface area contributed by atoms with Gasteiger partial charge in [-0.15, -0.1) is 0 Å². The number of carbonyl (C=O) groups excluding carboxylic acids is 2. The maximum atomic E-state index is 12.0. The molecule has 9 nitrogen and oxygen atoms in total. The number of carbonyl (C=O) groups is 4. The maximum Gasteiger partial charge on any atom is 0.352 e. The number of aliphatic carboxylic acids is 2. The normalized spacial score (nSPS) is 12.7. The predicted octanol–water partition coefficient (Wildman–Crippen LogP) is -0.522. The highest BCUT2D eigenvalue weighted by atomic mass is 32.1. The second-order valence-corrected chi connectivity index (χ2v) is 5.67. The Kier molecular flexibility index (Phi) is 9.74. The van der Waals surface area contributed by atoms with Crippen molar-refractivity contribution in [3.05, 3.63) is 11.3 Å². The van der Waals surface area contributed by atoms with E-state index in [9.17, 15) is 19.2 Å². The number of hydrogen-bond donors (Lipinski definition) is 6. The number of amides is 2. The first-order valence-electron chi connectivity index (χ1n) is 7.20. The highest BCUT2D eigenvalue weighted by Crippen LogP contribution is 2.03. The van der Waals surface area contributed by atoms with Gasteiger partial charge in [-0.25, -0.2) is 4.79 Å². The van der Waals surface area contributed by atoms with Crippen molar-refractivity contribution in [1.29, 1.82) is 0 Å². The minimum absolute atomic E-state index is 0.00697. The summed E-state index contributed by atoms with van der Waals surface area (Å²) in [6.07, 6.45) is 0.364. The van der Waals surface area contributed by atoms with Crippen LogP contribution in [0.1, 0.15) is 33.1 Å². The fraction of sp³-hybridized carbons (Fsp3) is 0.571. The zero-order valence-electron chi connectivity index (χ0n) is 13.5. The average Bonchev–Trinajstić information content (AvgIpc) is 2.48. The average molecular weight is 361 g/mol. The van der Waals surface area contributed by atoms with Crippen molar-refractivity contribution in [3.63, 3.8) is 0 Å². The van der Waals surface area contributed by atoms with Crippen LogP contribution in [0.4, 0.5) is 0 Å². The van der Waals surface area contributed by atoms with E-state index >= 15 is 0 Å². The van der Waals surface area contributed by atoms with Gasteiger partial charge in [-0.3, -0.25) is 14.4 Å². The molecular weight excluding hydrogens is 338 g/mol. The summed E-state index contributed by atoms with van der Waals surface area (Å²) in [4.78, 5) is 45.4. The molecule has 0 fully saturated rings. The minimum Gasteiger partial charge on any atom is -0.480 e. The van der Waals surface area contributed by atoms with E-state index in [0.29, 0.717) is 5.57 Å². The molecule has 10 heteroatoms. The van der Waals surface area contributed by atoms with Gasteiger partial charge in [0, 0.05) is 12.2 Å². The summed E-state index contributed by atoms with van der Waals surface area (Å²) in [5.74, 6) is -3.63. The molecule has 0 heterocycles. The molecule has 0 aliphatic carbocycles. The molecule has 0 aliphatic heterocycles. The van der Waals surface area contributed by atoms with E-state index in [-0.39, 0.29) is 30.7 Å². The lowest BCUT2D eigenvalue weighted by molar-refractivity contribution is -0.139. The second-order valence-electron chi connectivity index (χ2n) is 5.31. The molecule has 0 spiro atoms. The monoisotopic (exact) mass is 361 g/mol. The SMILES string of the molecule is CC(C)=C(NC(=O)C(CS)NC(=O)CCC[C@H](N)C(=O)O)C(=O)O. The van der Waals surface area contributed by atoms with Crippen LogP contribution < -0.4 is 16.4 Å². The number of hydrogen-bond acceptors (Lipinski definition) is 6. The molecule has 0 aromatic rings. The summed E-state index contributed by atoms with van der Waals surface area (Å²) >= 11 is 3.97. The highest BCUT2D eigenvalue weighted by Gasteiger charge is 2.22. The van der Waals surface area contributed by atoms with Gasteiger partial charge in [0.25, 0.3) is 0 Å². The fourth-order valence-corrected chi connectivity index (χ4v) is 1.93. The summed E-state index contributed by atoms with van der Waals surface area (Å²) in [6, 6.07) is -2.06. The Hall–Kier alpha value is -2.07. The standard InChI is InChI=1S/C14H23N3O6S/c1-7(2)11(14(22)23)17-12(19)9(6-24)16-10(18)5-3-4-8(15)13(20)21/h8-9,24H,3-6,15H2,1-2H3,(H,16,18)(H,17,19)(H,20,21)(H,22,23)/t8-,9?/m0/s1. The number of carboxylic acid groups (broad SMARTS) is 2. The molecule has 0 aromatic carbocycles. The Morgan fingerprint density at radius 3 is 2.17 bits per heavy atom. The van der Waals surface area contributed by atoms with E-state index in [0.717, 1.165) is 0 Å². The van der Waals surface area contributed by atoms with E-state index in [1.54, 1.807) is 0 Å². The zero-order valence-corrected chi connectivity index (χ0v) is 14.4. The van der Waals surface area contributed by atoms with E-state index in [4.69, 9.17) is 15.9 Å². The summed E-state index contributed by atoms with van der Waals surface area (Å²) < 4.78 is 0. The first-order chi connectivity index (χ1) is 11.1. The number of carboxylic acids is 2. The number of rotatable bonds is 10. The Balaban J connectivity index is 4.56. The molecule has 0 rings (SSSR count). The van der Waals surface area contributed by atoms with E-state index in [1.165, 1.54) is 13.8 Å². The van der Waals surface area contributed by atoms with Gasteiger partial charge in [0.2, 0.25) is 11.8 Å². The van der Waals surface area contributed by atoms with E-state index in [1.807, 2.05) is 0 Å². The summed E-state index contributed by atoms with van der Waals surface area (Å²) in [7, 11) is 0. The van der Waals surface area contributed by atoms with Crippen LogP contribution in [0.2, 0.25) is 0 Å². The van der Waals surface area contributed by atoms with Crippen molar-refractivity contribution in [3.8, 4) is 0 Å². The van der Waals surface area contributed by atoms with E-state index in [2.05, 4.69) is 23.3 Å². The second kappa shape index (κ2) is 10.7. The quantitative estimate of drug-likeness (QED) is 0.225. The zero-order chi connectivity index (χ0) is 18.9. The van der Waals surface area contributed by atoms with Gasteiger partial charge in [0.1, 0.15) is 17.8 Å². The smallest absolute Gasteiger partial charge is 0.352 e. The lowest BCUT2D eigenvalue weighted by Crippen LogP contribution is -2.48. The molecule has 0 radical (unpaired) electrons. The van der Waals surface area contributed by atoms with Crippen LogP contribution >= 0.6 is 12.6 Å². The molecular formula is C14H23N3O6S. The molecule has 0 saturated heterocycles. The molecule has 2 amide bonds. The lowest BCUT2D eigenvalue weighted by atomic mass is 10.1. The summed E-state index contributed by atoms with van der Waals surface area (Å²) in [5, 5.41) is 22.3. The molecule has 6 N–H and O–H groups in total. The third kappa shape index (κ3) is 7.97. The molecule has 136 valence electrons. The number of thiol groups is 1. The topological polar surface area (TPSA) is 159 Å². The van der Waals surface area contributed by atoms with Gasteiger partial charge in [-0.05, 0) is 32.3 Å². The maximum absolute atomic E-state index is 12.0. The Labute approximate surface area is 145 Å². The molecule has 0 aromatic heterocycles. The number of nitrogens with two attached hydrogens (primary N) is 1. The van der Waals surface area contributed by atoms with E-state index < -0.39 is 35.8 Å². The van der Waals surface area contributed by atoms with Crippen molar-refractivity contribution in [2.45, 2.75) is 45.2 Å². The van der Waals surface area contributed by atoms with Crippen LogP contribution in [-0.2, 0) is 19.2 Å². The molecule has 1 unspecified atom stereocenters. The molecule has 0 bridgehead atoms. The molecule has 0 aliphatic rings. The van der Waals surface area contributed by atoms with Crippen molar-refractivity contribution in [1.82, 2.24) is 10.6 Å². The van der Waals surface area contributed by atoms with Crippen LogP contribution in [0.25, 0.3) is 0 Å². The van der Waals surface area contributed by atoms with Gasteiger partial charge in [-0.2, -0.15) is 12.6 Å². The highest BCUT2D eigenvalue weighted by molar-refractivity contribution is 7.80. The number of nitrogens with one attached hydrogen (secondary N) is 2. The molecule has 24 heavy (non-hydrogen) atoms. The van der Waals surface area contributed by atoms with Crippen LogP contribution in [0.3, 0.4) is 0 Å². The van der Waals surface area contributed by atoms with Crippen molar-refractivity contribution >= 4 is 36.4 Å². The Morgan fingerprint density at radius 1 is 1.17 bits per heavy atom. The van der Waals surface area contributed by atoms with Gasteiger partial charge < -0.3 is 26.6 Å². The largest absolute Gasteiger partial charge is 0.480 e. The Morgan fingerprint density at radius 2 is 1.75 bits per heavy atom. The van der Waals surface area contributed by atoms with Crippen LogP contribution in [-0.4, -0.2) is 51.8 Å². The summed E-state index contributed by atoms with van der Waals surface area (Å²) in [6.45, 7) is 3.06. The van der Waals surface area contributed by atoms with Crippen molar-refractivity contribution < 1.29 is 29.4 Å². The third-order valence-corrected chi connectivity index (χ3v) is 3.40. The summed E-state index contributed by atoms with van der Waals surface area (Å²) in [5.41, 5.74) is 5.47. The lowest BCUT2D eigenvalue weighted by Gasteiger charge is -2.17. The van der Waals surface area contributed by atoms with Gasteiger partial charge >= 0.3 is 11.9 Å². The molecule has 0 saturated carbocycles. The van der Waals surface area contributed by atoms with Gasteiger partial charge in [0.15, 0.2) is 0 Å².